The first-order valence-electron chi connectivity index (χ1n) is 11.7. The Hall–Kier alpha value is -3.91. The third kappa shape index (κ3) is 3.30. The van der Waals surface area contributed by atoms with Gasteiger partial charge in [-0.1, -0.05) is 6.07 Å². The molecule has 6 rings (SSSR count). The smallest absolute Gasteiger partial charge is 0.258 e. The molecule has 0 aliphatic carbocycles. The first-order chi connectivity index (χ1) is 16.6. The van der Waals surface area contributed by atoms with Crippen LogP contribution in [0, 0.1) is 6.92 Å². The van der Waals surface area contributed by atoms with Gasteiger partial charge in [-0.3, -0.25) is 9.89 Å². The van der Waals surface area contributed by atoms with Crippen molar-refractivity contribution in [1.29, 1.82) is 0 Å². The molecule has 0 spiro atoms. The lowest BCUT2D eigenvalue weighted by atomic mass is 9.98. The Balaban J connectivity index is 1.63. The van der Waals surface area contributed by atoms with Crippen molar-refractivity contribution < 1.29 is 4.74 Å². The molecule has 0 bridgehead atoms. The molecule has 8 nitrogen and oxygen atoms in total. The molecule has 1 fully saturated rings. The number of pyridine rings is 2. The highest BCUT2D eigenvalue weighted by atomic mass is 16.5. The van der Waals surface area contributed by atoms with Gasteiger partial charge in [0, 0.05) is 53.9 Å². The maximum absolute atomic E-state index is 13.5. The van der Waals surface area contributed by atoms with Crippen LogP contribution < -0.4 is 20.5 Å². The standard InChI is InChI=1S/C26H26N6O2/c1-3-34-18-7-4-16(5-8-18)24-23-22(21-15(2)30-31-25(21)29-24)19-9-6-17(14-20(19)28-26(23)33)32-12-10-27-11-13-32/h4-9,14,27H,3,10-13H2,1-2H3,(H,28,33)(H,29,30,31). The number of benzene rings is 2. The second-order valence-electron chi connectivity index (χ2n) is 8.64. The van der Waals surface area contributed by atoms with Crippen LogP contribution in [0.3, 0.4) is 0 Å². The van der Waals surface area contributed by atoms with Gasteiger partial charge in [-0.2, -0.15) is 5.10 Å². The molecular formula is C26H26N6O2. The number of anilines is 1. The molecule has 172 valence electrons. The molecule has 1 saturated heterocycles. The summed E-state index contributed by atoms with van der Waals surface area (Å²) in [7, 11) is 0. The van der Waals surface area contributed by atoms with Crippen molar-refractivity contribution >= 4 is 38.4 Å². The van der Waals surface area contributed by atoms with E-state index in [1.807, 2.05) is 38.1 Å². The molecule has 0 saturated carbocycles. The highest BCUT2D eigenvalue weighted by Crippen LogP contribution is 2.36. The fraction of sp³-hybridized carbons (Fsp3) is 0.269. The van der Waals surface area contributed by atoms with Crippen LogP contribution in [0.2, 0.25) is 0 Å². The lowest BCUT2D eigenvalue weighted by Crippen LogP contribution is -2.43. The van der Waals surface area contributed by atoms with Crippen LogP contribution in [0.25, 0.3) is 44.0 Å². The molecule has 0 unspecified atom stereocenters. The lowest BCUT2D eigenvalue weighted by molar-refractivity contribution is 0.340. The number of aryl methyl sites for hydroxylation is 1. The number of hydrogen-bond acceptors (Lipinski definition) is 6. The summed E-state index contributed by atoms with van der Waals surface area (Å²) in [6.07, 6.45) is 0. The van der Waals surface area contributed by atoms with E-state index in [1.165, 1.54) is 0 Å². The van der Waals surface area contributed by atoms with Gasteiger partial charge in [0.1, 0.15) is 5.75 Å². The number of ether oxygens (including phenoxy) is 1. The molecule has 2 aromatic carbocycles. The van der Waals surface area contributed by atoms with Crippen molar-refractivity contribution in [2.24, 2.45) is 0 Å². The molecule has 0 amide bonds. The number of hydrogen-bond donors (Lipinski definition) is 3. The van der Waals surface area contributed by atoms with Crippen LogP contribution >= 0.6 is 0 Å². The van der Waals surface area contributed by atoms with Gasteiger partial charge in [-0.05, 0) is 50.2 Å². The van der Waals surface area contributed by atoms with E-state index in [2.05, 4.69) is 43.6 Å². The highest BCUT2D eigenvalue weighted by Gasteiger charge is 2.20. The van der Waals surface area contributed by atoms with Gasteiger partial charge in [0.15, 0.2) is 5.65 Å². The fourth-order valence-corrected chi connectivity index (χ4v) is 4.93. The van der Waals surface area contributed by atoms with E-state index in [1.54, 1.807) is 0 Å². The molecule has 1 aliphatic rings. The number of nitrogens with one attached hydrogen (secondary N) is 3. The Morgan fingerprint density at radius 1 is 1.03 bits per heavy atom. The molecule has 3 N–H and O–H groups in total. The van der Waals surface area contributed by atoms with Crippen LogP contribution in [0.15, 0.2) is 47.3 Å². The predicted octanol–water partition coefficient (Wildman–Crippen LogP) is 3.74. The number of aromatic nitrogens is 4. The van der Waals surface area contributed by atoms with Crippen LogP contribution in [0.1, 0.15) is 12.6 Å². The minimum Gasteiger partial charge on any atom is -0.494 e. The van der Waals surface area contributed by atoms with Crippen molar-refractivity contribution in [3.8, 4) is 17.0 Å². The van der Waals surface area contributed by atoms with E-state index in [-0.39, 0.29) is 5.56 Å². The Bertz CT molecular complexity index is 1580. The molecule has 5 aromatic rings. The zero-order chi connectivity index (χ0) is 23.2. The summed E-state index contributed by atoms with van der Waals surface area (Å²) >= 11 is 0. The van der Waals surface area contributed by atoms with Crippen LogP contribution in [0.5, 0.6) is 5.75 Å². The van der Waals surface area contributed by atoms with Crippen LogP contribution in [-0.2, 0) is 0 Å². The van der Waals surface area contributed by atoms with E-state index < -0.39 is 0 Å². The van der Waals surface area contributed by atoms with E-state index in [9.17, 15) is 4.79 Å². The van der Waals surface area contributed by atoms with Crippen molar-refractivity contribution in [3.05, 3.63) is 58.5 Å². The molecular weight excluding hydrogens is 428 g/mol. The van der Waals surface area contributed by atoms with Gasteiger partial charge in [-0.25, -0.2) is 4.98 Å². The maximum atomic E-state index is 13.5. The topological polar surface area (TPSA) is 98.9 Å². The Kier molecular flexibility index (Phi) is 4.95. The third-order valence-corrected chi connectivity index (χ3v) is 6.55. The monoisotopic (exact) mass is 454 g/mol. The van der Waals surface area contributed by atoms with Crippen LogP contribution in [-0.4, -0.2) is 53.0 Å². The van der Waals surface area contributed by atoms with E-state index in [0.29, 0.717) is 23.3 Å². The minimum atomic E-state index is -0.154. The second-order valence-corrected chi connectivity index (χ2v) is 8.64. The number of fused-ring (bicyclic) bond motifs is 5. The molecule has 34 heavy (non-hydrogen) atoms. The Morgan fingerprint density at radius 2 is 1.82 bits per heavy atom. The van der Waals surface area contributed by atoms with Gasteiger partial charge in [0.25, 0.3) is 5.56 Å². The summed E-state index contributed by atoms with van der Waals surface area (Å²) in [5, 5.41) is 14.2. The van der Waals surface area contributed by atoms with E-state index >= 15 is 0 Å². The lowest BCUT2D eigenvalue weighted by Gasteiger charge is -2.29. The number of rotatable bonds is 4. The first kappa shape index (κ1) is 20.7. The highest BCUT2D eigenvalue weighted by molar-refractivity contribution is 6.21. The summed E-state index contributed by atoms with van der Waals surface area (Å²) < 4.78 is 5.59. The Morgan fingerprint density at radius 3 is 2.59 bits per heavy atom. The summed E-state index contributed by atoms with van der Waals surface area (Å²) in [6, 6.07) is 14.0. The molecule has 3 aromatic heterocycles. The molecule has 4 heterocycles. The average molecular weight is 455 g/mol. The maximum Gasteiger partial charge on any atom is 0.258 e. The number of piperazine rings is 1. The molecule has 1 aliphatic heterocycles. The normalized spacial score (nSPS) is 14.4. The quantitative estimate of drug-likeness (QED) is 0.358. The summed E-state index contributed by atoms with van der Waals surface area (Å²) in [5.74, 6) is 0.784. The summed E-state index contributed by atoms with van der Waals surface area (Å²) in [6.45, 7) is 8.32. The van der Waals surface area contributed by atoms with Gasteiger partial charge in [-0.15, -0.1) is 0 Å². The first-order valence-corrected chi connectivity index (χ1v) is 11.7. The molecule has 0 atom stereocenters. The fourth-order valence-electron chi connectivity index (χ4n) is 4.93. The van der Waals surface area contributed by atoms with Gasteiger partial charge in [0.05, 0.1) is 28.6 Å². The largest absolute Gasteiger partial charge is 0.494 e. The number of aromatic amines is 2. The molecule has 8 heteroatoms. The predicted molar refractivity (Wildman–Crippen MR) is 136 cm³/mol. The van der Waals surface area contributed by atoms with Crippen molar-refractivity contribution in [2.75, 3.05) is 37.7 Å². The third-order valence-electron chi connectivity index (χ3n) is 6.55. The summed E-state index contributed by atoms with van der Waals surface area (Å²) in [5.41, 5.74) is 4.74. The minimum absolute atomic E-state index is 0.154. The van der Waals surface area contributed by atoms with Gasteiger partial charge < -0.3 is 19.9 Å². The van der Waals surface area contributed by atoms with Crippen LogP contribution in [0.4, 0.5) is 5.69 Å². The summed E-state index contributed by atoms with van der Waals surface area (Å²) in [4.78, 5) is 23.8. The average Bonchev–Trinajstić information content (AvgIpc) is 3.25. The van der Waals surface area contributed by atoms with E-state index in [0.717, 1.165) is 70.5 Å². The Labute approximate surface area is 196 Å². The molecule has 0 radical (unpaired) electrons. The van der Waals surface area contributed by atoms with Gasteiger partial charge in [0.2, 0.25) is 0 Å². The number of H-pyrrole nitrogens is 2. The zero-order valence-electron chi connectivity index (χ0n) is 19.2. The van der Waals surface area contributed by atoms with Crippen molar-refractivity contribution in [2.45, 2.75) is 13.8 Å². The number of nitrogens with zero attached hydrogens (tertiary/aromatic N) is 3. The second kappa shape index (κ2) is 8.14. The van der Waals surface area contributed by atoms with Crippen molar-refractivity contribution in [3.63, 3.8) is 0 Å². The van der Waals surface area contributed by atoms with E-state index in [4.69, 9.17) is 9.72 Å². The SMILES string of the molecule is CCOc1ccc(-c2nc3n[nH]c(C)c3c3c2c(=O)[nH]c2cc(N4CCNCC4)ccc23)cc1. The zero-order valence-corrected chi connectivity index (χ0v) is 19.2. The van der Waals surface area contributed by atoms with Crippen molar-refractivity contribution in [1.82, 2.24) is 25.5 Å². The van der Waals surface area contributed by atoms with Gasteiger partial charge >= 0.3 is 0 Å².